The summed E-state index contributed by atoms with van der Waals surface area (Å²) in [6.45, 7) is 2.97. The van der Waals surface area contributed by atoms with Crippen molar-refractivity contribution in [2.24, 2.45) is 5.92 Å². The zero-order chi connectivity index (χ0) is 22.8. The maximum Gasteiger partial charge on any atom is 0.286 e. The average molecular weight is 466 g/mol. The van der Waals surface area contributed by atoms with Crippen molar-refractivity contribution >= 4 is 35.2 Å². The topological polar surface area (TPSA) is 61.9 Å². The van der Waals surface area contributed by atoms with Gasteiger partial charge in [0.25, 0.3) is 5.91 Å². The van der Waals surface area contributed by atoms with Crippen molar-refractivity contribution in [3.05, 3.63) is 70.9 Å². The number of hydrogen-bond acceptors (Lipinski definition) is 4. The van der Waals surface area contributed by atoms with Crippen LogP contribution in [0, 0.1) is 5.92 Å². The Morgan fingerprint density at radius 1 is 1.03 bits per heavy atom. The second-order valence-corrected chi connectivity index (χ2v) is 9.39. The first-order chi connectivity index (χ1) is 16.1. The van der Waals surface area contributed by atoms with Gasteiger partial charge in [0.1, 0.15) is 6.10 Å². The molecule has 33 heavy (non-hydrogen) atoms. The van der Waals surface area contributed by atoms with E-state index in [1.165, 1.54) is 0 Å². The van der Waals surface area contributed by atoms with Gasteiger partial charge in [0.05, 0.1) is 6.04 Å². The lowest BCUT2D eigenvalue weighted by atomic mass is 9.82. The van der Waals surface area contributed by atoms with Crippen LogP contribution in [-0.2, 0) is 14.3 Å². The molecule has 1 aliphatic carbocycles. The van der Waals surface area contributed by atoms with E-state index in [2.05, 4.69) is 16.3 Å². The summed E-state index contributed by atoms with van der Waals surface area (Å²) in [4.78, 5) is 30.1. The summed E-state index contributed by atoms with van der Waals surface area (Å²) < 4.78 is 6.06. The van der Waals surface area contributed by atoms with Crippen molar-refractivity contribution in [2.75, 3.05) is 31.1 Å². The summed E-state index contributed by atoms with van der Waals surface area (Å²) >= 11 is 6.13. The number of anilines is 1. The van der Waals surface area contributed by atoms with E-state index in [9.17, 15) is 9.59 Å². The molecule has 3 atom stereocenters. The molecule has 3 unspecified atom stereocenters. The number of nitrogens with one attached hydrogen (secondary N) is 1. The number of carbonyl (C=O) groups excluding carboxylic acids is 2. The molecule has 2 heterocycles. The van der Waals surface area contributed by atoms with Gasteiger partial charge in [0.15, 0.2) is 5.76 Å². The number of fused-ring (bicyclic) bond motifs is 1. The Balaban J connectivity index is 1.17. The van der Waals surface area contributed by atoms with E-state index in [0.29, 0.717) is 25.3 Å². The van der Waals surface area contributed by atoms with Crippen LogP contribution in [-0.4, -0.2) is 55.0 Å². The summed E-state index contributed by atoms with van der Waals surface area (Å²) in [6, 6.07) is 17.4. The van der Waals surface area contributed by atoms with Crippen LogP contribution < -0.4 is 10.2 Å². The third-order valence-corrected chi connectivity index (χ3v) is 7.05. The molecule has 0 spiro atoms. The van der Waals surface area contributed by atoms with Gasteiger partial charge in [-0.2, -0.15) is 0 Å². The Morgan fingerprint density at radius 2 is 1.82 bits per heavy atom. The minimum Gasteiger partial charge on any atom is -0.483 e. The lowest BCUT2D eigenvalue weighted by Gasteiger charge is -2.42. The molecule has 2 aromatic carbocycles. The van der Waals surface area contributed by atoms with E-state index < -0.39 is 0 Å². The molecule has 3 aliphatic rings. The first-order valence-corrected chi connectivity index (χ1v) is 12.0. The zero-order valence-electron chi connectivity index (χ0n) is 18.5. The first kappa shape index (κ1) is 21.8. The third-order valence-electron chi connectivity index (χ3n) is 6.82. The van der Waals surface area contributed by atoms with Crippen molar-refractivity contribution < 1.29 is 14.3 Å². The highest BCUT2D eigenvalue weighted by atomic mass is 35.5. The molecule has 2 amide bonds. The monoisotopic (exact) mass is 465 g/mol. The molecular formula is C26H28ClN3O3. The number of benzene rings is 2. The molecule has 172 valence electrons. The summed E-state index contributed by atoms with van der Waals surface area (Å²) in [6.07, 6.45) is 3.87. The van der Waals surface area contributed by atoms with Gasteiger partial charge < -0.3 is 19.9 Å². The Kier molecular flexibility index (Phi) is 6.27. The van der Waals surface area contributed by atoms with E-state index in [1.807, 2.05) is 53.4 Å². The molecule has 1 N–H and O–H groups in total. The molecule has 2 saturated heterocycles. The number of halogens is 1. The molecular weight excluding hydrogens is 438 g/mol. The van der Waals surface area contributed by atoms with Crippen LogP contribution in [0.3, 0.4) is 0 Å². The molecule has 3 fully saturated rings. The normalized spacial score (nSPS) is 26.4. The quantitative estimate of drug-likeness (QED) is 0.702. The van der Waals surface area contributed by atoms with E-state index in [-0.39, 0.29) is 29.9 Å². The van der Waals surface area contributed by atoms with E-state index in [0.717, 1.165) is 42.2 Å². The number of amides is 2. The highest BCUT2D eigenvalue weighted by Gasteiger charge is 2.41. The fourth-order valence-corrected chi connectivity index (χ4v) is 5.22. The van der Waals surface area contributed by atoms with Gasteiger partial charge >= 0.3 is 0 Å². The van der Waals surface area contributed by atoms with Crippen LogP contribution in [0.1, 0.15) is 24.8 Å². The van der Waals surface area contributed by atoms with Crippen LogP contribution in [0.4, 0.5) is 5.69 Å². The average Bonchev–Trinajstić information content (AvgIpc) is 2.84. The van der Waals surface area contributed by atoms with Crippen LogP contribution in [0.15, 0.2) is 60.4 Å². The Bertz CT molecular complexity index is 1050. The van der Waals surface area contributed by atoms with Gasteiger partial charge in [-0.1, -0.05) is 48.0 Å². The first-order valence-electron chi connectivity index (χ1n) is 11.6. The summed E-state index contributed by atoms with van der Waals surface area (Å²) in [7, 11) is 0. The minimum atomic E-state index is -0.205. The van der Waals surface area contributed by atoms with Gasteiger partial charge in [0.2, 0.25) is 5.91 Å². The van der Waals surface area contributed by atoms with E-state index >= 15 is 0 Å². The van der Waals surface area contributed by atoms with Crippen molar-refractivity contribution in [3.63, 3.8) is 0 Å². The maximum atomic E-state index is 13.2. The number of piperazine rings is 1. The molecule has 0 radical (unpaired) electrons. The highest BCUT2D eigenvalue weighted by Crippen LogP contribution is 2.33. The molecule has 2 aromatic rings. The molecule has 0 bridgehead atoms. The Labute approximate surface area is 199 Å². The summed E-state index contributed by atoms with van der Waals surface area (Å²) in [5.74, 6) is 0.263. The van der Waals surface area contributed by atoms with Crippen LogP contribution >= 0.6 is 11.6 Å². The van der Waals surface area contributed by atoms with Crippen LogP contribution in [0.25, 0.3) is 6.08 Å². The molecule has 0 aromatic heterocycles. The van der Waals surface area contributed by atoms with Crippen LogP contribution in [0.5, 0.6) is 0 Å². The Morgan fingerprint density at radius 3 is 2.58 bits per heavy atom. The summed E-state index contributed by atoms with van der Waals surface area (Å²) in [5, 5.41) is 3.81. The fourth-order valence-electron chi connectivity index (χ4n) is 5.03. The number of hydrogen-bond donors (Lipinski definition) is 1. The maximum absolute atomic E-state index is 13.2. The standard InChI is InChI=1S/C26H28ClN3O3/c27-20-7-4-8-21(17-20)29-11-13-30(14-12-29)26(32)19-9-10-23-22(16-19)28-25(31)24(33-23)15-18-5-2-1-3-6-18/h1-8,15,17,19,22-23H,9-14,16H2,(H,28,31)/b24-15+. The predicted octanol–water partition coefficient (Wildman–Crippen LogP) is 3.71. The molecule has 5 rings (SSSR count). The van der Waals surface area contributed by atoms with Crippen LogP contribution in [0.2, 0.25) is 5.02 Å². The minimum absolute atomic E-state index is 0.0764. The SMILES string of the molecule is O=C1NC2CC(C(=O)N3CCN(c4cccc(Cl)c4)CC3)CCC2O/C1=C/c1ccccc1. The second-order valence-electron chi connectivity index (χ2n) is 8.96. The number of ether oxygens (including phenoxy) is 1. The number of rotatable bonds is 3. The largest absolute Gasteiger partial charge is 0.483 e. The smallest absolute Gasteiger partial charge is 0.286 e. The number of nitrogens with zero attached hydrogens (tertiary/aromatic N) is 2. The van der Waals surface area contributed by atoms with Gasteiger partial charge in [-0.05, 0) is 49.1 Å². The van der Waals surface area contributed by atoms with Gasteiger partial charge in [-0.25, -0.2) is 0 Å². The van der Waals surface area contributed by atoms with Crippen molar-refractivity contribution in [3.8, 4) is 0 Å². The Hall–Kier alpha value is -2.99. The molecule has 2 aliphatic heterocycles. The van der Waals surface area contributed by atoms with E-state index in [1.54, 1.807) is 6.08 Å². The highest BCUT2D eigenvalue weighted by molar-refractivity contribution is 6.30. The number of carbonyl (C=O) groups is 2. The molecule has 7 heteroatoms. The van der Waals surface area contributed by atoms with Gasteiger partial charge in [-0.15, -0.1) is 0 Å². The predicted molar refractivity (Wildman–Crippen MR) is 129 cm³/mol. The lowest BCUT2D eigenvalue weighted by Crippen LogP contribution is -2.56. The molecule has 1 saturated carbocycles. The zero-order valence-corrected chi connectivity index (χ0v) is 19.2. The molecule has 6 nitrogen and oxygen atoms in total. The van der Waals surface area contributed by atoms with Crippen molar-refractivity contribution in [1.29, 1.82) is 0 Å². The third kappa shape index (κ3) is 4.86. The van der Waals surface area contributed by atoms with Gasteiger partial charge in [-0.3, -0.25) is 9.59 Å². The number of morpholine rings is 1. The van der Waals surface area contributed by atoms with Gasteiger partial charge in [0, 0.05) is 42.8 Å². The second kappa shape index (κ2) is 9.48. The van der Waals surface area contributed by atoms with Crippen molar-refractivity contribution in [1.82, 2.24) is 10.2 Å². The fraction of sp³-hybridized carbons (Fsp3) is 0.385. The lowest BCUT2D eigenvalue weighted by molar-refractivity contribution is -0.141. The van der Waals surface area contributed by atoms with E-state index in [4.69, 9.17) is 16.3 Å². The summed E-state index contributed by atoms with van der Waals surface area (Å²) in [5.41, 5.74) is 2.03. The van der Waals surface area contributed by atoms with Crippen molar-refractivity contribution in [2.45, 2.75) is 31.4 Å².